The predicted octanol–water partition coefficient (Wildman–Crippen LogP) is 2.12. The summed E-state index contributed by atoms with van der Waals surface area (Å²) in [5.41, 5.74) is 0. The first-order valence-corrected chi connectivity index (χ1v) is 6.06. The summed E-state index contributed by atoms with van der Waals surface area (Å²) in [5.74, 6) is -0.0425. The molecule has 0 spiro atoms. The highest BCUT2D eigenvalue weighted by Gasteiger charge is 2.42. The van der Waals surface area contributed by atoms with Gasteiger partial charge < -0.3 is 9.59 Å². The van der Waals surface area contributed by atoms with Gasteiger partial charge in [-0.15, -0.1) is 0 Å². The van der Waals surface area contributed by atoms with Gasteiger partial charge in [-0.1, -0.05) is 20.3 Å². The first-order chi connectivity index (χ1) is 6.99. The number of likely N-dealkylation sites (tertiary alicyclic amines) is 1. The Bertz CT molecular complexity index is 226. The van der Waals surface area contributed by atoms with Crippen LogP contribution in [0.15, 0.2) is 0 Å². The van der Waals surface area contributed by atoms with Crippen LogP contribution >= 0.6 is 0 Å². The fourth-order valence-electron chi connectivity index (χ4n) is 2.58. The zero-order chi connectivity index (χ0) is 11.5. The van der Waals surface area contributed by atoms with Gasteiger partial charge >= 0.3 is 5.97 Å². The second kappa shape index (κ2) is 4.97. The number of aliphatic carboxylic acids is 1. The van der Waals surface area contributed by atoms with Gasteiger partial charge in [0.2, 0.25) is 0 Å². The van der Waals surface area contributed by atoms with Crippen LogP contribution in [0.25, 0.3) is 0 Å². The SMILES string of the molecule is CCCC[N+]1(C)CCC(C)CC1C(=O)O. The van der Waals surface area contributed by atoms with Crippen molar-refractivity contribution in [1.29, 1.82) is 0 Å². The summed E-state index contributed by atoms with van der Waals surface area (Å²) < 4.78 is 0.744. The molecule has 1 heterocycles. The largest absolute Gasteiger partial charge is 0.477 e. The maximum absolute atomic E-state index is 11.3. The average molecular weight is 214 g/mol. The number of nitrogens with zero attached hydrogens (tertiary/aromatic N) is 1. The number of hydrogen-bond acceptors (Lipinski definition) is 1. The lowest BCUT2D eigenvalue weighted by Crippen LogP contribution is -2.60. The van der Waals surface area contributed by atoms with Gasteiger partial charge in [0.25, 0.3) is 0 Å². The Morgan fingerprint density at radius 3 is 2.73 bits per heavy atom. The zero-order valence-corrected chi connectivity index (χ0v) is 10.2. The molecular weight excluding hydrogens is 190 g/mol. The van der Waals surface area contributed by atoms with Gasteiger partial charge in [-0.25, -0.2) is 4.79 Å². The molecule has 0 aliphatic carbocycles. The Hall–Kier alpha value is -0.570. The highest BCUT2D eigenvalue weighted by atomic mass is 16.4. The lowest BCUT2D eigenvalue weighted by Gasteiger charge is -2.44. The van der Waals surface area contributed by atoms with E-state index < -0.39 is 5.97 Å². The third-order valence-corrected chi connectivity index (χ3v) is 3.82. The molecule has 0 aromatic heterocycles. The molecule has 3 heteroatoms. The molecule has 0 saturated carbocycles. The van der Waals surface area contributed by atoms with E-state index in [4.69, 9.17) is 0 Å². The second-order valence-corrected chi connectivity index (χ2v) is 5.26. The first-order valence-electron chi connectivity index (χ1n) is 6.06. The molecule has 3 nitrogen and oxygen atoms in total. The maximum Gasteiger partial charge on any atom is 0.362 e. The van der Waals surface area contributed by atoms with Crippen molar-refractivity contribution in [1.82, 2.24) is 0 Å². The van der Waals surface area contributed by atoms with Gasteiger partial charge in [0.15, 0.2) is 6.04 Å². The number of likely N-dealkylation sites (N-methyl/N-ethyl adjacent to an activating group) is 1. The fourth-order valence-corrected chi connectivity index (χ4v) is 2.58. The van der Waals surface area contributed by atoms with Gasteiger partial charge in [0, 0.05) is 6.42 Å². The van der Waals surface area contributed by atoms with E-state index in [2.05, 4.69) is 20.9 Å². The number of unbranched alkanes of at least 4 members (excludes halogenated alkanes) is 1. The smallest absolute Gasteiger partial charge is 0.362 e. The van der Waals surface area contributed by atoms with E-state index in [1.807, 2.05) is 0 Å². The monoisotopic (exact) mass is 214 g/mol. The van der Waals surface area contributed by atoms with Crippen LogP contribution in [0.1, 0.15) is 39.5 Å². The molecule has 0 aromatic carbocycles. The fraction of sp³-hybridized carbons (Fsp3) is 0.917. The Morgan fingerprint density at radius 1 is 1.53 bits per heavy atom. The number of carboxylic acid groups (broad SMARTS) is 1. The van der Waals surface area contributed by atoms with E-state index in [0.29, 0.717) is 5.92 Å². The number of carbonyl (C=O) groups is 1. The predicted molar refractivity (Wildman–Crippen MR) is 60.6 cm³/mol. The Labute approximate surface area is 92.7 Å². The lowest BCUT2D eigenvalue weighted by atomic mass is 9.90. The van der Waals surface area contributed by atoms with Crippen molar-refractivity contribution < 1.29 is 14.4 Å². The maximum atomic E-state index is 11.3. The van der Waals surface area contributed by atoms with Gasteiger partial charge in [0.05, 0.1) is 20.1 Å². The van der Waals surface area contributed by atoms with Crippen LogP contribution < -0.4 is 0 Å². The summed E-state index contributed by atoms with van der Waals surface area (Å²) in [7, 11) is 2.11. The molecule has 1 N–H and O–H groups in total. The zero-order valence-electron chi connectivity index (χ0n) is 10.2. The molecule has 1 rings (SSSR count). The van der Waals surface area contributed by atoms with Crippen molar-refractivity contribution in [2.75, 3.05) is 20.1 Å². The summed E-state index contributed by atoms with van der Waals surface area (Å²) in [4.78, 5) is 11.3. The molecule has 3 atom stereocenters. The Morgan fingerprint density at radius 2 is 2.20 bits per heavy atom. The van der Waals surface area contributed by atoms with Crippen molar-refractivity contribution in [3.63, 3.8) is 0 Å². The van der Waals surface area contributed by atoms with E-state index in [-0.39, 0.29) is 6.04 Å². The van der Waals surface area contributed by atoms with Gasteiger partial charge in [-0.3, -0.25) is 0 Å². The summed E-state index contributed by atoms with van der Waals surface area (Å²) in [6.07, 6.45) is 4.30. The van der Waals surface area contributed by atoms with E-state index in [9.17, 15) is 9.90 Å². The van der Waals surface area contributed by atoms with E-state index in [1.165, 1.54) is 6.42 Å². The van der Waals surface area contributed by atoms with Crippen LogP contribution in [-0.2, 0) is 4.79 Å². The van der Waals surface area contributed by atoms with E-state index >= 15 is 0 Å². The topological polar surface area (TPSA) is 37.3 Å². The van der Waals surface area contributed by atoms with Crippen molar-refractivity contribution in [2.24, 2.45) is 5.92 Å². The number of rotatable bonds is 4. The van der Waals surface area contributed by atoms with Crippen molar-refractivity contribution in [3.05, 3.63) is 0 Å². The number of quaternary nitrogens is 1. The van der Waals surface area contributed by atoms with Crippen molar-refractivity contribution in [2.45, 2.75) is 45.6 Å². The minimum atomic E-state index is -0.611. The summed E-state index contributed by atoms with van der Waals surface area (Å²) in [5, 5.41) is 9.28. The van der Waals surface area contributed by atoms with Gasteiger partial charge in [0.1, 0.15) is 0 Å². The average Bonchev–Trinajstić information content (AvgIpc) is 2.19. The molecule has 3 unspecified atom stereocenters. The first kappa shape index (κ1) is 12.5. The van der Waals surface area contributed by atoms with Crippen LogP contribution in [0.3, 0.4) is 0 Å². The third-order valence-electron chi connectivity index (χ3n) is 3.82. The van der Waals surface area contributed by atoms with Crippen LogP contribution in [0.4, 0.5) is 0 Å². The molecule has 0 radical (unpaired) electrons. The normalized spacial score (nSPS) is 36.5. The number of piperidine rings is 1. The summed E-state index contributed by atoms with van der Waals surface area (Å²) in [6.45, 7) is 6.37. The highest BCUT2D eigenvalue weighted by Crippen LogP contribution is 2.28. The molecule has 1 saturated heterocycles. The molecular formula is C12H24NO2+. The molecule has 1 aliphatic rings. The van der Waals surface area contributed by atoms with Crippen molar-refractivity contribution >= 4 is 5.97 Å². The molecule has 0 aromatic rings. The summed E-state index contributed by atoms with van der Waals surface area (Å²) >= 11 is 0. The molecule has 1 aliphatic heterocycles. The van der Waals surface area contributed by atoms with Crippen LogP contribution in [0.2, 0.25) is 0 Å². The number of hydrogen-bond donors (Lipinski definition) is 1. The van der Waals surface area contributed by atoms with Gasteiger partial charge in [-0.2, -0.15) is 0 Å². The van der Waals surface area contributed by atoms with Crippen LogP contribution in [0.5, 0.6) is 0 Å². The van der Waals surface area contributed by atoms with Gasteiger partial charge in [-0.05, 0) is 18.8 Å². The molecule has 15 heavy (non-hydrogen) atoms. The quantitative estimate of drug-likeness (QED) is 0.728. The molecule has 0 bridgehead atoms. The second-order valence-electron chi connectivity index (χ2n) is 5.26. The van der Waals surface area contributed by atoms with Crippen molar-refractivity contribution in [3.8, 4) is 0 Å². The molecule has 1 fully saturated rings. The number of carboxylic acids is 1. The minimum Gasteiger partial charge on any atom is -0.477 e. The molecule has 88 valence electrons. The molecule has 0 amide bonds. The van der Waals surface area contributed by atoms with Crippen LogP contribution in [0, 0.1) is 5.92 Å². The minimum absolute atomic E-state index is 0.180. The third kappa shape index (κ3) is 2.94. The standard InChI is InChI=1S/C12H23NO2/c1-4-5-7-13(3)8-6-10(2)9-11(13)12(14)15/h10-11H,4-9H2,1-3H3/p+1. The van der Waals surface area contributed by atoms with E-state index in [0.717, 1.165) is 36.8 Å². The van der Waals surface area contributed by atoms with E-state index in [1.54, 1.807) is 0 Å². The van der Waals surface area contributed by atoms with Crippen LogP contribution in [-0.4, -0.2) is 41.7 Å². The Kier molecular flexibility index (Phi) is 4.14. The summed E-state index contributed by atoms with van der Waals surface area (Å²) in [6, 6.07) is -0.180. The highest BCUT2D eigenvalue weighted by molar-refractivity contribution is 5.72. The lowest BCUT2D eigenvalue weighted by molar-refractivity contribution is -0.931. The Balaban J connectivity index is 2.70.